The summed E-state index contributed by atoms with van der Waals surface area (Å²) in [5.74, 6) is 2.46. The molecule has 1 nitrogen and oxygen atoms in total. The molecule has 0 spiro atoms. The van der Waals surface area contributed by atoms with Gasteiger partial charge < -0.3 is 5.11 Å². The minimum Gasteiger partial charge on any atom is -0.394 e. The molecule has 2 unspecified atom stereocenters. The van der Waals surface area contributed by atoms with Crippen molar-refractivity contribution < 1.29 is 5.11 Å². The minimum absolute atomic E-state index is 0.167. The maximum atomic E-state index is 8.06. The van der Waals surface area contributed by atoms with Gasteiger partial charge >= 0.3 is 0 Å². The van der Waals surface area contributed by atoms with E-state index in [0.717, 1.165) is 0 Å². The third-order valence-electron chi connectivity index (χ3n) is 1.98. The first-order valence-electron chi connectivity index (χ1n) is 3.88. The molecule has 0 aromatic carbocycles. The van der Waals surface area contributed by atoms with Gasteiger partial charge in [0.2, 0.25) is 0 Å². The first kappa shape index (κ1) is 7.07. The number of hydrogen-bond donors (Lipinski definition) is 1. The monoisotopic (exact) mass is 128 g/mol. The third-order valence-corrected chi connectivity index (χ3v) is 1.98. The second-order valence-electron chi connectivity index (χ2n) is 3.43. The summed E-state index contributed by atoms with van der Waals surface area (Å²) in [6.45, 7) is 3.44. The third kappa shape index (κ3) is 2.35. The van der Waals surface area contributed by atoms with Crippen LogP contribution >= 0.6 is 0 Å². The second kappa shape index (κ2) is 2.70. The summed E-state index contributed by atoms with van der Waals surface area (Å²) in [7, 11) is 0. The lowest BCUT2D eigenvalue weighted by Gasteiger charge is -2.04. The van der Waals surface area contributed by atoms with Gasteiger partial charge in [0.1, 0.15) is 0 Å². The van der Waals surface area contributed by atoms with Crippen molar-refractivity contribution in [1.82, 2.24) is 0 Å². The molecule has 9 heavy (non-hydrogen) atoms. The van der Waals surface area contributed by atoms with E-state index >= 15 is 0 Å². The Labute approximate surface area is 57.1 Å². The number of aliphatic hydroxyl groups excluding tert-OH is 1. The van der Waals surface area contributed by atoms with Gasteiger partial charge in [-0.15, -0.1) is 0 Å². The van der Waals surface area contributed by atoms with E-state index in [2.05, 4.69) is 0 Å². The van der Waals surface area contributed by atoms with Crippen LogP contribution in [-0.4, -0.2) is 11.2 Å². The van der Waals surface area contributed by atoms with E-state index in [-0.39, 0.29) is 6.10 Å². The number of aliphatic hydroxyl groups is 1. The molecule has 0 bridgehead atoms. The van der Waals surface area contributed by atoms with Crippen LogP contribution in [0, 0.1) is 11.8 Å². The fraction of sp³-hybridized carbons (Fsp3) is 1.00. The highest BCUT2D eigenvalue weighted by molar-refractivity contribution is 4.95. The lowest BCUT2D eigenvalue weighted by Crippen LogP contribution is -1.93. The van der Waals surface area contributed by atoms with Gasteiger partial charge in [-0.2, -0.15) is 0 Å². The lowest BCUT2D eigenvalue weighted by molar-refractivity contribution is 0.216. The van der Waals surface area contributed by atoms with Crippen LogP contribution in [0.5, 0.6) is 0 Å². The van der Waals surface area contributed by atoms with Gasteiger partial charge in [-0.3, -0.25) is 0 Å². The summed E-state index contributed by atoms with van der Waals surface area (Å²) in [5.41, 5.74) is 0. The van der Waals surface area contributed by atoms with Crippen LogP contribution in [0.4, 0.5) is 0 Å². The maximum absolute atomic E-state index is 8.06. The minimum atomic E-state index is -0.167. The first-order valence-corrected chi connectivity index (χ1v) is 3.88. The van der Waals surface area contributed by atoms with E-state index in [1.165, 1.54) is 11.8 Å². The van der Waals surface area contributed by atoms with Crippen LogP contribution in [0.3, 0.4) is 0 Å². The molecular weight excluding hydrogens is 112 g/mol. The molecule has 2 rings (SSSR count). The maximum Gasteiger partial charge on any atom is 0.0483 e. The molecule has 2 saturated carbocycles. The molecule has 0 radical (unpaired) electrons. The van der Waals surface area contributed by atoms with Crippen molar-refractivity contribution >= 4 is 0 Å². The smallest absolute Gasteiger partial charge is 0.0483 e. The fourth-order valence-corrected chi connectivity index (χ4v) is 1.18. The summed E-state index contributed by atoms with van der Waals surface area (Å²) in [5, 5.41) is 8.06. The predicted octanol–water partition coefficient (Wildman–Crippen LogP) is 1.80. The average Bonchev–Trinajstić information content (AvgIpc) is 2.10. The standard InChI is InChI=1S/C5H8.C3H8O/c1-2-5-3-4(1)5;1-3(2)4/h4-5H,1-3H2;3-4H,1-2H3. The Bertz CT molecular complexity index is 73.8. The molecule has 0 aromatic rings. The van der Waals surface area contributed by atoms with Gasteiger partial charge in [0.05, 0.1) is 0 Å². The number of fused-ring (bicyclic) bond motifs is 1. The van der Waals surface area contributed by atoms with E-state index in [4.69, 9.17) is 5.11 Å². The van der Waals surface area contributed by atoms with Crippen LogP contribution in [0.1, 0.15) is 33.1 Å². The fourth-order valence-electron chi connectivity index (χ4n) is 1.18. The SMILES string of the molecule is C1CC2CC12.CC(C)O. The average molecular weight is 128 g/mol. The van der Waals surface area contributed by atoms with E-state index in [0.29, 0.717) is 0 Å². The van der Waals surface area contributed by atoms with Crippen LogP contribution < -0.4 is 0 Å². The Morgan fingerprint density at radius 2 is 1.56 bits per heavy atom. The zero-order valence-electron chi connectivity index (χ0n) is 6.30. The molecular formula is C8H16O. The molecule has 54 valence electrons. The topological polar surface area (TPSA) is 20.2 Å². The molecule has 0 aliphatic heterocycles. The quantitative estimate of drug-likeness (QED) is 0.527. The van der Waals surface area contributed by atoms with E-state index in [1.807, 2.05) is 0 Å². The van der Waals surface area contributed by atoms with Crippen LogP contribution in [0.25, 0.3) is 0 Å². The molecule has 0 saturated heterocycles. The Balaban J connectivity index is 0.0000000945. The van der Waals surface area contributed by atoms with Crippen molar-refractivity contribution in [1.29, 1.82) is 0 Å². The van der Waals surface area contributed by atoms with Crippen LogP contribution in [0.15, 0.2) is 0 Å². The van der Waals surface area contributed by atoms with E-state index in [9.17, 15) is 0 Å². The molecule has 2 atom stereocenters. The summed E-state index contributed by atoms with van der Waals surface area (Å²) in [6, 6.07) is 0. The van der Waals surface area contributed by atoms with Crippen LogP contribution in [-0.2, 0) is 0 Å². The highest BCUT2D eigenvalue weighted by Gasteiger charge is 2.44. The van der Waals surface area contributed by atoms with Gasteiger partial charge in [-0.1, -0.05) is 0 Å². The van der Waals surface area contributed by atoms with Gasteiger partial charge in [0, 0.05) is 6.10 Å². The Morgan fingerprint density at radius 3 is 1.56 bits per heavy atom. The molecule has 1 heteroatoms. The zero-order valence-corrected chi connectivity index (χ0v) is 6.30. The lowest BCUT2D eigenvalue weighted by atomic mass is 10.0. The molecule has 1 N–H and O–H groups in total. The normalized spacial score (nSPS) is 36.0. The summed E-state index contributed by atoms with van der Waals surface area (Å²) in [6.07, 6.45) is 4.54. The zero-order chi connectivity index (χ0) is 6.85. The Morgan fingerprint density at radius 1 is 1.22 bits per heavy atom. The summed E-state index contributed by atoms with van der Waals surface area (Å²) >= 11 is 0. The molecule has 2 fully saturated rings. The van der Waals surface area contributed by atoms with Crippen LogP contribution in [0.2, 0.25) is 0 Å². The molecule has 2 aliphatic carbocycles. The van der Waals surface area contributed by atoms with E-state index < -0.39 is 0 Å². The highest BCUT2D eigenvalue weighted by atomic mass is 16.3. The van der Waals surface area contributed by atoms with Crippen molar-refractivity contribution in [2.75, 3.05) is 0 Å². The molecule has 0 amide bonds. The highest BCUT2D eigenvalue weighted by Crippen LogP contribution is 2.55. The predicted molar refractivity (Wildman–Crippen MR) is 38.2 cm³/mol. The van der Waals surface area contributed by atoms with Crippen molar-refractivity contribution in [3.05, 3.63) is 0 Å². The number of rotatable bonds is 0. The molecule has 0 heterocycles. The van der Waals surface area contributed by atoms with Crippen molar-refractivity contribution in [2.24, 2.45) is 11.8 Å². The summed E-state index contributed by atoms with van der Waals surface area (Å²) in [4.78, 5) is 0. The number of hydrogen-bond acceptors (Lipinski definition) is 1. The van der Waals surface area contributed by atoms with Crippen molar-refractivity contribution in [3.63, 3.8) is 0 Å². The summed E-state index contributed by atoms with van der Waals surface area (Å²) < 4.78 is 0. The Hall–Kier alpha value is -0.0400. The van der Waals surface area contributed by atoms with E-state index in [1.54, 1.807) is 33.1 Å². The second-order valence-corrected chi connectivity index (χ2v) is 3.43. The largest absolute Gasteiger partial charge is 0.394 e. The van der Waals surface area contributed by atoms with Gasteiger partial charge in [-0.05, 0) is 44.9 Å². The van der Waals surface area contributed by atoms with Crippen molar-refractivity contribution in [3.8, 4) is 0 Å². The molecule has 2 aliphatic rings. The van der Waals surface area contributed by atoms with Gasteiger partial charge in [0.25, 0.3) is 0 Å². The molecule has 0 aromatic heterocycles. The van der Waals surface area contributed by atoms with Gasteiger partial charge in [-0.25, -0.2) is 0 Å². The Kier molecular flexibility index (Phi) is 2.12. The first-order chi connectivity index (χ1) is 4.20. The van der Waals surface area contributed by atoms with Crippen molar-refractivity contribution in [2.45, 2.75) is 39.2 Å². The van der Waals surface area contributed by atoms with Gasteiger partial charge in [0.15, 0.2) is 0 Å².